The van der Waals surface area contributed by atoms with Crippen LogP contribution in [0.2, 0.25) is 0 Å². The number of rotatable bonds is 4. The fraction of sp³-hybridized carbons (Fsp3) is 0.500. The molecule has 1 fully saturated rings. The number of carbonyl (C=O) groups excluding carboxylic acids is 1. The van der Waals surface area contributed by atoms with E-state index < -0.39 is 22.0 Å². The molecule has 116 valence electrons. The Bertz CT molecular complexity index is 596. The molecule has 1 atom stereocenters. The average Bonchev–Trinajstić information content (AvgIpc) is 2.49. The molecule has 1 aromatic carbocycles. The summed E-state index contributed by atoms with van der Waals surface area (Å²) < 4.78 is 35.5. The molecule has 0 saturated carbocycles. The monoisotopic (exact) mass is 313 g/mol. The number of benzene rings is 1. The van der Waals surface area contributed by atoms with E-state index in [0.717, 1.165) is 5.56 Å². The number of ether oxygens (including phenoxy) is 2. The molecule has 7 heteroatoms. The van der Waals surface area contributed by atoms with Gasteiger partial charge in [0.25, 0.3) is 0 Å². The highest BCUT2D eigenvalue weighted by Gasteiger charge is 2.38. The Morgan fingerprint density at radius 2 is 1.95 bits per heavy atom. The van der Waals surface area contributed by atoms with Gasteiger partial charge < -0.3 is 9.47 Å². The minimum absolute atomic E-state index is 0.0661. The molecule has 0 N–H and O–H groups in total. The number of sulfonamides is 1. The summed E-state index contributed by atoms with van der Waals surface area (Å²) in [7, 11) is -0.601. The van der Waals surface area contributed by atoms with Gasteiger partial charge in [-0.3, -0.25) is 4.79 Å². The average molecular weight is 313 g/mol. The lowest BCUT2D eigenvalue weighted by atomic mass is 10.1. The molecule has 0 bridgehead atoms. The van der Waals surface area contributed by atoms with Crippen LogP contribution in [0.4, 0.5) is 0 Å². The largest absolute Gasteiger partial charge is 0.497 e. The van der Waals surface area contributed by atoms with Crippen molar-refractivity contribution in [2.75, 3.05) is 20.0 Å². The number of hydrogen-bond acceptors (Lipinski definition) is 5. The summed E-state index contributed by atoms with van der Waals surface area (Å²) in [6.45, 7) is 0.159. The van der Waals surface area contributed by atoms with E-state index >= 15 is 0 Å². The predicted octanol–water partition coefficient (Wildman–Crippen LogP) is 1.16. The maximum absolute atomic E-state index is 12.2. The van der Waals surface area contributed by atoms with Crippen LogP contribution in [0, 0.1) is 0 Å². The van der Waals surface area contributed by atoms with Crippen molar-refractivity contribution in [1.29, 1.82) is 0 Å². The Hall–Kier alpha value is -1.60. The third-order valence-corrected chi connectivity index (χ3v) is 5.46. The summed E-state index contributed by atoms with van der Waals surface area (Å²) in [5.74, 6) is 0.257. The molecular formula is C14H19NO5S. The van der Waals surface area contributed by atoms with E-state index in [1.807, 2.05) is 0 Å². The first kappa shape index (κ1) is 15.8. The highest BCUT2D eigenvalue weighted by atomic mass is 32.2. The van der Waals surface area contributed by atoms with Crippen molar-refractivity contribution in [1.82, 2.24) is 4.31 Å². The molecule has 0 spiro atoms. The maximum atomic E-state index is 12.2. The summed E-state index contributed by atoms with van der Waals surface area (Å²) in [6.07, 6.45) is 0.962. The van der Waals surface area contributed by atoms with Crippen LogP contribution in [-0.2, 0) is 26.1 Å². The molecule has 21 heavy (non-hydrogen) atoms. The quantitative estimate of drug-likeness (QED) is 0.780. The Morgan fingerprint density at radius 1 is 1.29 bits per heavy atom. The van der Waals surface area contributed by atoms with Gasteiger partial charge in [-0.05, 0) is 30.5 Å². The number of esters is 1. The topological polar surface area (TPSA) is 72.9 Å². The smallest absolute Gasteiger partial charge is 0.324 e. The summed E-state index contributed by atoms with van der Waals surface area (Å²) >= 11 is 0. The van der Waals surface area contributed by atoms with Gasteiger partial charge >= 0.3 is 5.97 Å². The first-order valence-corrected chi connectivity index (χ1v) is 8.29. The highest BCUT2D eigenvalue weighted by Crippen LogP contribution is 2.24. The van der Waals surface area contributed by atoms with Crippen molar-refractivity contribution in [3.05, 3.63) is 29.8 Å². The lowest BCUT2D eigenvalue weighted by Gasteiger charge is -2.32. The summed E-state index contributed by atoms with van der Waals surface area (Å²) in [5, 5.41) is 0. The number of nitrogens with zero attached hydrogens (tertiary/aromatic N) is 1. The van der Waals surface area contributed by atoms with E-state index in [1.165, 1.54) is 11.4 Å². The van der Waals surface area contributed by atoms with Gasteiger partial charge in [-0.15, -0.1) is 0 Å². The first-order valence-electron chi connectivity index (χ1n) is 6.68. The van der Waals surface area contributed by atoms with Crippen molar-refractivity contribution in [2.24, 2.45) is 0 Å². The van der Waals surface area contributed by atoms with Crippen LogP contribution >= 0.6 is 0 Å². The zero-order chi connectivity index (χ0) is 15.5. The van der Waals surface area contributed by atoms with Gasteiger partial charge in [0.15, 0.2) is 0 Å². The molecule has 1 heterocycles. The minimum Gasteiger partial charge on any atom is -0.497 e. The molecule has 1 aromatic rings. The van der Waals surface area contributed by atoms with Gasteiger partial charge in [0.05, 0.1) is 20.0 Å². The van der Waals surface area contributed by atoms with Crippen LogP contribution in [0.1, 0.15) is 18.4 Å². The van der Waals surface area contributed by atoms with Gasteiger partial charge in [-0.1, -0.05) is 12.1 Å². The molecule has 1 aliphatic heterocycles. The van der Waals surface area contributed by atoms with Gasteiger partial charge in [0.1, 0.15) is 11.8 Å². The standard InChI is InChI=1S/C14H19NO5S/c1-19-12-7-5-11(6-8-12)10-15-13(14(16)20-2)4-3-9-21(15,17)18/h5-8,13H,3-4,9-10H2,1-2H3. The molecule has 0 radical (unpaired) electrons. The number of hydrogen-bond donors (Lipinski definition) is 0. The number of carbonyl (C=O) groups is 1. The van der Waals surface area contributed by atoms with Crippen molar-refractivity contribution in [3.8, 4) is 5.75 Å². The molecule has 1 saturated heterocycles. The second kappa shape index (κ2) is 6.44. The Kier molecular flexibility index (Phi) is 4.84. The minimum atomic E-state index is -3.44. The van der Waals surface area contributed by atoms with E-state index in [2.05, 4.69) is 0 Å². The summed E-state index contributed by atoms with van der Waals surface area (Å²) in [6, 6.07) is 6.36. The summed E-state index contributed by atoms with van der Waals surface area (Å²) in [4.78, 5) is 11.8. The van der Waals surface area contributed by atoms with Crippen molar-refractivity contribution in [2.45, 2.75) is 25.4 Å². The van der Waals surface area contributed by atoms with E-state index in [9.17, 15) is 13.2 Å². The SMILES string of the molecule is COC(=O)C1CCCS(=O)(=O)N1Cc1ccc(OC)cc1. The van der Waals surface area contributed by atoms with Crippen LogP contribution in [0.15, 0.2) is 24.3 Å². The van der Waals surface area contributed by atoms with Gasteiger partial charge in [-0.2, -0.15) is 4.31 Å². The van der Waals surface area contributed by atoms with E-state index in [-0.39, 0.29) is 12.3 Å². The van der Waals surface area contributed by atoms with E-state index in [4.69, 9.17) is 9.47 Å². The zero-order valence-electron chi connectivity index (χ0n) is 12.1. The third kappa shape index (κ3) is 3.54. The van der Waals surface area contributed by atoms with Crippen molar-refractivity contribution >= 4 is 16.0 Å². The second-order valence-electron chi connectivity index (χ2n) is 4.89. The zero-order valence-corrected chi connectivity index (χ0v) is 12.9. The van der Waals surface area contributed by atoms with Crippen LogP contribution in [0.3, 0.4) is 0 Å². The Morgan fingerprint density at radius 3 is 2.52 bits per heavy atom. The fourth-order valence-corrected chi connectivity index (χ4v) is 4.10. The molecule has 0 amide bonds. The van der Waals surface area contributed by atoms with E-state index in [0.29, 0.717) is 18.6 Å². The molecule has 1 unspecified atom stereocenters. The predicted molar refractivity (Wildman–Crippen MR) is 77.4 cm³/mol. The Labute approximate surface area is 124 Å². The maximum Gasteiger partial charge on any atom is 0.324 e. The highest BCUT2D eigenvalue weighted by molar-refractivity contribution is 7.89. The fourth-order valence-electron chi connectivity index (χ4n) is 2.41. The third-order valence-electron chi connectivity index (χ3n) is 3.56. The van der Waals surface area contributed by atoms with Crippen LogP contribution in [0.5, 0.6) is 5.75 Å². The molecular weight excluding hydrogens is 294 g/mol. The molecule has 6 nitrogen and oxygen atoms in total. The van der Waals surface area contributed by atoms with Crippen LogP contribution in [-0.4, -0.2) is 44.7 Å². The number of methoxy groups -OCH3 is 2. The van der Waals surface area contributed by atoms with Crippen LogP contribution < -0.4 is 4.74 Å². The van der Waals surface area contributed by atoms with Crippen molar-refractivity contribution in [3.63, 3.8) is 0 Å². The first-order chi connectivity index (χ1) is 9.97. The van der Waals surface area contributed by atoms with Crippen LogP contribution in [0.25, 0.3) is 0 Å². The molecule has 0 aliphatic carbocycles. The lowest BCUT2D eigenvalue weighted by Crippen LogP contribution is -2.49. The van der Waals surface area contributed by atoms with Gasteiger partial charge in [0.2, 0.25) is 10.0 Å². The normalized spacial score (nSPS) is 21.7. The molecule has 2 rings (SSSR count). The lowest BCUT2D eigenvalue weighted by molar-refractivity contribution is -0.145. The Balaban J connectivity index is 2.24. The van der Waals surface area contributed by atoms with E-state index in [1.54, 1.807) is 31.4 Å². The summed E-state index contributed by atoms with van der Waals surface area (Å²) in [5.41, 5.74) is 0.801. The molecule has 1 aliphatic rings. The molecule has 0 aromatic heterocycles. The van der Waals surface area contributed by atoms with Gasteiger partial charge in [-0.25, -0.2) is 8.42 Å². The van der Waals surface area contributed by atoms with Crippen molar-refractivity contribution < 1.29 is 22.7 Å². The van der Waals surface area contributed by atoms with Gasteiger partial charge in [0, 0.05) is 6.54 Å². The second-order valence-corrected chi connectivity index (χ2v) is 6.93.